The van der Waals surface area contributed by atoms with Crippen molar-refractivity contribution >= 4 is 45.2 Å². The van der Waals surface area contributed by atoms with Crippen molar-refractivity contribution in [3.05, 3.63) is 60.8 Å². The van der Waals surface area contributed by atoms with E-state index in [4.69, 9.17) is 4.98 Å². The number of rotatable bonds is 8. The number of hydrogen-bond donors (Lipinski definition) is 2. The summed E-state index contributed by atoms with van der Waals surface area (Å²) in [7, 11) is 0. The van der Waals surface area contributed by atoms with Crippen LogP contribution in [-0.4, -0.2) is 52.4 Å². The average Bonchev–Trinajstić information content (AvgIpc) is 3.47. The molecule has 0 radical (unpaired) electrons. The second kappa shape index (κ2) is 9.20. The van der Waals surface area contributed by atoms with Gasteiger partial charge in [0.2, 0.25) is 5.95 Å². The highest BCUT2D eigenvalue weighted by molar-refractivity contribution is 7.21. The van der Waals surface area contributed by atoms with Crippen LogP contribution in [0.1, 0.15) is 6.42 Å². The number of benzene rings is 2. The molecular weight excluding hydrogens is 406 g/mol. The molecule has 0 aliphatic carbocycles. The molecule has 0 fully saturated rings. The van der Waals surface area contributed by atoms with E-state index in [2.05, 4.69) is 48.7 Å². The predicted octanol–water partition coefficient (Wildman–Crippen LogP) is 4.64. The largest absolute Gasteiger partial charge is 0.370 e. The normalized spacial score (nSPS) is 13.7. The molecule has 8 heteroatoms. The maximum Gasteiger partial charge on any atom is 0.229 e. The van der Waals surface area contributed by atoms with Crippen LogP contribution in [0, 0.1) is 0 Å². The first-order chi connectivity index (χ1) is 15.3. The van der Waals surface area contributed by atoms with Gasteiger partial charge in [-0.2, -0.15) is 4.98 Å². The molecule has 31 heavy (non-hydrogen) atoms. The molecule has 0 bridgehead atoms. The number of nitrogens with one attached hydrogen (secondary N) is 2. The summed E-state index contributed by atoms with van der Waals surface area (Å²) in [4.78, 5) is 20.3. The molecule has 2 aromatic carbocycles. The minimum absolute atomic E-state index is 0.569. The Labute approximate surface area is 184 Å². The molecule has 4 aromatic rings. The molecule has 0 saturated heterocycles. The minimum atomic E-state index is 0.569. The third-order valence-corrected chi connectivity index (χ3v) is 6.11. The molecule has 0 saturated carbocycles. The maximum atomic E-state index is 4.75. The van der Waals surface area contributed by atoms with Gasteiger partial charge in [0.1, 0.15) is 10.8 Å². The van der Waals surface area contributed by atoms with Gasteiger partial charge in [-0.25, -0.2) is 9.97 Å². The maximum absolute atomic E-state index is 4.75. The topological polar surface area (TPSA) is 78.3 Å². The van der Waals surface area contributed by atoms with Crippen LogP contribution in [0.3, 0.4) is 0 Å². The summed E-state index contributed by atoms with van der Waals surface area (Å²) in [6.07, 6.45) is 4.78. The van der Waals surface area contributed by atoms with Gasteiger partial charge in [0.15, 0.2) is 0 Å². The third kappa shape index (κ3) is 4.87. The lowest BCUT2D eigenvalue weighted by Gasteiger charge is -2.13. The highest BCUT2D eigenvalue weighted by Crippen LogP contribution is 2.31. The first-order valence-corrected chi connectivity index (χ1v) is 11.2. The van der Waals surface area contributed by atoms with Gasteiger partial charge in [-0.15, -0.1) is 11.3 Å². The van der Waals surface area contributed by atoms with Crippen molar-refractivity contribution in [2.45, 2.75) is 6.42 Å². The Balaban J connectivity index is 1.22. The van der Waals surface area contributed by atoms with E-state index in [0.29, 0.717) is 5.95 Å². The van der Waals surface area contributed by atoms with E-state index in [1.165, 1.54) is 4.70 Å². The lowest BCUT2D eigenvalue weighted by atomic mass is 10.2. The summed E-state index contributed by atoms with van der Waals surface area (Å²) in [5.41, 5.74) is 3.04. The zero-order chi connectivity index (χ0) is 20.9. The summed E-state index contributed by atoms with van der Waals surface area (Å²) >= 11 is 1.70. The van der Waals surface area contributed by atoms with Crippen molar-refractivity contribution in [2.24, 2.45) is 4.99 Å². The highest BCUT2D eigenvalue weighted by Gasteiger charge is 2.08. The van der Waals surface area contributed by atoms with E-state index < -0.39 is 0 Å². The summed E-state index contributed by atoms with van der Waals surface area (Å²) in [6.45, 7) is 3.66. The Morgan fingerprint density at radius 1 is 1.03 bits per heavy atom. The molecule has 1 aliphatic heterocycles. The summed E-state index contributed by atoms with van der Waals surface area (Å²) < 4.78 is 1.19. The third-order valence-electron chi connectivity index (χ3n) is 5.02. The summed E-state index contributed by atoms with van der Waals surface area (Å²) in [5.74, 6) is 1.39. The average molecular weight is 430 g/mol. The monoisotopic (exact) mass is 429 g/mol. The lowest BCUT2D eigenvalue weighted by molar-refractivity contribution is 0.341. The molecule has 0 amide bonds. The number of fused-ring (bicyclic) bond motifs is 1. The van der Waals surface area contributed by atoms with Crippen LogP contribution in [0.25, 0.3) is 20.8 Å². The zero-order valence-electron chi connectivity index (χ0n) is 17.0. The van der Waals surface area contributed by atoms with Crippen LogP contribution < -0.4 is 10.6 Å². The Bertz CT molecular complexity index is 1160. The van der Waals surface area contributed by atoms with Gasteiger partial charge >= 0.3 is 0 Å². The molecule has 0 unspecified atom stereocenters. The van der Waals surface area contributed by atoms with E-state index in [1.54, 1.807) is 17.5 Å². The van der Waals surface area contributed by atoms with Crippen LogP contribution in [0.2, 0.25) is 0 Å². The number of hydrogen-bond acceptors (Lipinski definition) is 8. The molecule has 0 atom stereocenters. The number of anilines is 3. The van der Waals surface area contributed by atoms with Gasteiger partial charge in [-0.1, -0.05) is 24.3 Å². The molecule has 156 valence electrons. The first-order valence-electron chi connectivity index (χ1n) is 10.3. The summed E-state index contributed by atoms with van der Waals surface area (Å²) in [5, 5.41) is 7.70. The number of aliphatic imine (C=N–C) groups is 1. The predicted molar refractivity (Wildman–Crippen MR) is 128 cm³/mol. The highest BCUT2D eigenvalue weighted by atomic mass is 32.1. The molecule has 1 aliphatic rings. The fraction of sp³-hybridized carbons (Fsp3) is 0.217. The Kier molecular flexibility index (Phi) is 5.81. The molecule has 2 aromatic heterocycles. The Hall–Kier alpha value is -3.36. The van der Waals surface area contributed by atoms with Crippen molar-refractivity contribution in [3.8, 4) is 10.6 Å². The van der Waals surface area contributed by atoms with Gasteiger partial charge in [0.05, 0.1) is 16.9 Å². The molecule has 3 heterocycles. The standard InChI is InChI=1S/C23H23N7S/c1-2-8-20-19(7-1)28-22(31-20)17-5-3-6-18(15-17)27-23-26-11-9-21(29-23)25-10-4-13-30-14-12-24-16-30/h1-3,5-9,11-12,15H,4,10,13-14,16H2,(H2,25,26,27,29). The first kappa shape index (κ1) is 19.6. The van der Waals surface area contributed by atoms with Crippen LogP contribution in [0.5, 0.6) is 0 Å². The lowest BCUT2D eigenvalue weighted by Crippen LogP contribution is -2.23. The number of para-hydroxylation sites is 1. The molecule has 2 N–H and O–H groups in total. The van der Waals surface area contributed by atoms with E-state index in [9.17, 15) is 0 Å². The molecular formula is C23H23N7S. The number of thiazole rings is 1. The van der Waals surface area contributed by atoms with Gasteiger partial charge in [-0.3, -0.25) is 9.89 Å². The van der Waals surface area contributed by atoms with E-state index in [1.807, 2.05) is 42.6 Å². The second-order valence-corrected chi connectivity index (χ2v) is 8.35. The van der Waals surface area contributed by atoms with Crippen molar-refractivity contribution in [3.63, 3.8) is 0 Å². The van der Waals surface area contributed by atoms with Gasteiger partial charge in [-0.05, 0) is 36.8 Å². The molecule has 7 nitrogen and oxygen atoms in total. The number of aromatic nitrogens is 3. The second-order valence-electron chi connectivity index (χ2n) is 7.32. The van der Waals surface area contributed by atoms with Crippen LogP contribution in [0.15, 0.2) is 65.8 Å². The van der Waals surface area contributed by atoms with E-state index in [0.717, 1.165) is 60.3 Å². The van der Waals surface area contributed by atoms with Gasteiger partial charge in [0, 0.05) is 43.3 Å². The summed E-state index contributed by atoms with van der Waals surface area (Å²) in [6, 6.07) is 18.3. The van der Waals surface area contributed by atoms with Crippen LogP contribution in [0.4, 0.5) is 17.5 Å². The van der Waals surface area contributed by atoms with Crippen molar-refractivity contribution in [1.29, 1.82) is 0 Å². The van der Waals surface area contributed by atoms with Gasteiger partial charge in [0.25, 0.3) is 0 Å². The van der Waals surface area contributed by atoms with E-state index >= 15 is 0 Å². The number of nitrogens with zero attached hydrogens (tertiary/aromatic N) is 5. The minimum Gasteiger partial charge on any atom is -0.370 e. The van der Waals surface area contributed by atoms with Gasteiger partial charge < -0.3 is 10.6 Å². The Morgan fingerprint density at radius 2 is 2.00 bits per heavy atom. The Morgan fingerprint density at radius 3 is 2.90 bits per heavy atom. The molecule has 5 rings (SSSR count). The van der Waals surface area contributed by atoms with Crippen LogP contribution >= 0.6 is 11.3 Å². The van der Waals surface area contributed by atoms with Crippen molar-refractivity contribution in [2.75, 3.05) is 36.9 Å². The fourth-order valence-corrected chi connectivity index (χ4v) is 4.42. The van der Waals surface area contributed by atoms with Crippen molar-refractivity contribution in [1.82, 2.24) is 19.9 Å². The van der Waals surface area contributed by atoms with Crippen molar-refractivity contribution < 1.29 is 0 Å². The molecule has 0 spiro atoms. The van der Waals surface area contributed by atoms with E-state index in [-0.39, 0.29) is 0 Å². The zero-order valence-corrected chi connectivity index (χ0v) is 17.8. The van der Waals surface area contributed by atoms with Crippen LogP contribution in [-0.2, 0) is 0 Å². The quantitative estimate of drug-likeness (QED) is 0.397. The SMILES string of the molecule is C1=NCN(CCCNc2ccnc(Nc3cccc(-c4nc5ccccc5s4)c3)n2)C1. The fourth-order valence-electron chi connectivity index (χ4n) is 3.46. The smallest absolute Gasteiger partial charge is 0.229 e.